The lowest BCUT2D eigenvalue weighted by molar-refractivity contribution is 0.0987. The van der Waals surface area contributed by atoms with E-state index in [2.05, 4.69) is 26.0 Å². The minimum atomic E-state index is -0.00417. The van der Waals surface area contributed by atoms with Crippen molar-refractivity contribution in [3.63, 3.8) is 0 Å². The van der Waals surface area contributed by atoms with Crippen molar-refractivity contribution in [1.29, 1.82) is 0 Å². The quantitative estimate of drug-likeness (QED) is 0.684. The third-order valence-electron chi connectivity index (χ3n) is 3.53. The van der Waals surface area contributed by atoms with Gasteiger partial charge >= 0.3 is 0 Å². The average Bonchev–Trinajstić information content (AvgIpc) is 2.73. The lowest BCUT2D eigenvalue weighted by Gasteiger charge is -2.05. The number of carbonyl (C=O) groups excluding carboxylic acids is 1. The fourth-order valence-corrected chi connectivity index (χ4v) is 2.93. The Balaban J connectivity index is 2.02. The monoisotopic (exact) mass is 343 g/mol. The highest BCUT2D eigenvalue weighted by Crippen LogP contribution is 2.23. The molecule has 106 valence electrons. The average molecular weight is 344 g/mol. The molecule has 2 heterocycles. The van der Waals surface area contributed by atoms with Gasteiger partial charge in [-0.1, -0.05) is 24.3 Å². The SMILES string of the molecule is Cc1nn(C)c(CC(=O)c2nccc3ccccc23)c1Br. The number of Topliss-reactive ketones (excluding diaryl/α,β-unsaturated/α-hetero) is 1. The molecule has 0 bridgehead atoms. The lowest BCUT2D eigenvalue weighted by atomic mass is 10.0. The Bertz CT molecular complexity index is 833. The molecule has 21 heavy (non-hydrogen) atoms. The van der Waals surface area contributed by atoms with Gasteiger partial charge < -0.3 is 0 Å². The van der Waals surface area contributed by atoms with E-state index in [1.165, 1.54) is 0 Å². The van der Waals surface area contributed by atoms with E-state index in [1.807, 2.05) is 44.3 Å². The number of rotatable bonds is 3. The summed E-state index contributed by atoms with van der Waals surface area (Å²) in [7, 11) is 1.84. The van der Waals surface area contributed by atoms with E-state index in [0.29, 0.717) is 5.69 Å². The van der Waals surface area contributed by atoms with Crippen LogP contribution in [0.25, 0.3) is 10.8 Å². The first kappa shape index (κ1) is 13.9. The summed E-state index contributed by atoms with van der Waals surface area (Å²) in [5.41, 5.74) is 2.26. The van der Waals surface area contributed by atoms with Crippen LogP contribution in [0.5, 0.6) is 0 Å². The maximum absolute atomic E-state index is 12.6. The van der Waals surface area contributed by atoms with Gasteiger partial charge in [0, 0.05) is 18.6 Å². The summed E-state index contributed by atoms with van der Waals surface area (Å²) in [6.45, 7) is 1.91. The maximum Gasteiger partial charge on any atom is 0.187 e. The van der Waals surface area contributed by atoms with E-state index >= 15 is 0 Å². The molecule has 0 atom stereocenters. The molecular weight excluding hydrogens is 330 g/mol. The molecule has 3 rings (SSSR count). The first-order valence-corrected chi connectivity index (χ1v) is 7.42. The summed E-state index contributed by atoms with van der Waals surface area (Å²) in [5, 5.41) is 6.23. The maximum atomic E-state index is 12.6. The number of pyridine rings is 1. The highest BCUT2D eigenvalue weighted by atomic mass is 79.9. The van der Waals surface area contributed by atoms with Crippen molar-refractivity contribution in [3.8, 4) is 0 Å². The Morgan fingerprint density at radius 3 is 2.76 bits per heavy atom. The van der Waals surface area contributed by atoms with Gasteiger partial charge in [0.25, 0.3) is 0 Å². The van der Waals surface area contributed by atoms with Crippen LogP contribution in [0.4, 0.5) is 0 Å². The Kier molecular flexibility index (Phi) is 3.59. The molecule has 0 aliphatic rings. The van der Waals surface area contributed by atoms with Gasteiger partial charge in [0.05, 0.1) is 22.3 Å². The molecule has 0 N–H and O–H groups in total. The largest absolute Gasteiger partial charge is 0.292 e. The van der Waals surface area contributed by atoms with Crippen molar-refractivity contribution in [1.82, 2.24) is 14.8 Å². The van der Waals surface area contributed by atoms with Crippen molar-refractivity contribution in [2.75, 3.05) is 0 Å². The van der Waals surface area contributed by atoms with Gasteiger partial charge in [-0.3, -0.25) is 14.5 Å². The van der Waals surface area contributed by atoms with Crippen molar-refractivity contribution >= 4 is 32.5 Å². The molecule has 1 aromatic carbocycles. The van der Waals surface area contributed by atoms with Gasteiger partial charge in [-0.2, -0.15) is 5.10 Å². The van der Waals surface area contributed by atoms with Crippen LogP contribution in [0.3, 0.4) is 0 Å². The van der Waals surface area contributed by atoms with Gasteiger partial charge in [-0.15, -0.1) is 0 Å². The van der Waals surface area contributed by atoms with Crippen molar-refractivity contribution in [3.05, 3.63) is 58.1 Å². The van der Waals surface area contributed by atoms with Crippen LogP contribution in [0.15, 0.2) is 41.0 Å². The molecule has 0 radical (unpaired) electrons. The topological polar surface area (TPSA) is 47.8 Å². The first-order chi connectivity index (χ1) is 10.1. The fourth-order valence-electron chi connectivity index (χ4n) is 2.45. The Morgan fingerprint density at radius 2 is 2.05 bits per heavy atom. The van der Waals surface area contributed by atoms with Crippen LogP contribution in [-0.2, 0) is 13.5 Å². The number of fused-ring (bicyclic) bond motifs is 1. The van der Waals surface area contributed by atoms with E-state index in [4.69, 9.17) is 0 Å². The molecule has 0 fully saturated rings. The zero-order valence-corrected chi connectivity index (χ0v) is 13.4. The normalized spacial score (nSPS) is 11.0. The second-order valence-electron chi connectivity index (χ2n) is 4.95. The minimum absolute atomic E-state index is 0.00417. The molecule has 0 saturated carbocycles. The molecule has 2 aromatic heterocycles. The van der Waals surface area contributed by atoms with E-state index < -0.39 is 0 Å². The zero-order chi connectivity index (χ0) is 15.0. The van der Waals surface area contributed by atoms with E-state index in [0.717, 1.165) is 26.6 Å². The van der Waals surface area contributed by atoms with Crippen LogP contribution in [0.1, 0.15) is 21.9 Å². The second kappa shape index (κ2) is 5.41. The van der Waals surface area contributed by atoms with Crippen LogP contribution < -0.4 is 0 Å². The van der Waals surface area contributed by atoms with Crippen LogP contribution in [0, 0.1) is 6.92 Å². The van der Waals surface area contributed by atoms with Gasteiger partial charge in [-0.25, -0.2) is 0 Å². The molecule has 0 amide bonds. The van der Waals surface area contributed by atoms with E-state index in [1.54, 1.807) is 10.9 Å². The third-order valence-corrected chi connectivity index (χ3v) is 4.56. The summed E-state index contributed by atoms with van der Waals surface area (Å²) in [5.74, 6) is -0.00417. The Hall–Kier alpha value is -2.01. The standard InChI is InChI=1S/C16H14BrN3O/c1-10-15(17)13(20(2)19-10)9-14(21)16-12-6-4-3-5-11(12)7-8-18-16/h3-8H,9H2,1-2H3. The fraction of sp³-hybridized carbons (Fsp3) is 0.188. The van der Waals surface area contributed by atoms with Crippen molar-refractivity contribution in [2.24, 2.45) is 7.05 Å². The molecular formula is C16H14BrN3O. The predicted molar refractivity (Wildman–Crippen MR) is 85.4 cm³/mol. The molecule has 5 heteroatoms. The highest BCUT2D eigenvalue weighted by Gasteiger charge is 2.18. The summed E-state index contributed by atoms with van der Waals surface area (Å²) >= 11 is 3.50. The molecule has 0 unspecified atom stereocenters. The van der Waals surface area contributed by atoms with Gasteiger partial charge in [-0.05, 0) is 34.3 Å². The molecule has 0 aliphatic heterocycles. The molecule has 0 aliphatic carbocycles. The van der Waals surface area contributed by atoms with Gasteiger partial charge in [0.15, 0.2) is 5.78 Å². The second-order valence-corrected chi connectivity index (χ2v) is 5.74. The van der Waals surface area contributed by atoms with E-state index in [-0.39, 0.29) is 12.2 Å². The van der Waals surface area contributed by atoms with Crippen molar-refractivity contribution < 1.29 is 4.79 Å². The molecule has 0 spiro atoms. The van der Waals surface area contributed by atoms with Crippen LogP contribution in [-0.4, -0.2) is 20.5 Å². The number of benzene rings is 1. The first-order valence-electron chi connectivity index (χ1n) is 6.63. The summed E-state index contributed by atoms with van der Waals surface area (Å²) in [4.78, 5) is 16.9. The smallest absolute Gasteiger partial charge is 0.187 e. The Morgan fingerprint density at radius 1 is 1.29 bits per heavy atom. The number of ketones is 1. The van der Waals surface area contributed by atoms with Crippen LogP contribution >= 0.6 is 15.9 Å². The summed E-state index contributed by atoms with van der Waals surface area (Å²) in [6.07, 6.45) is 1.96. The number of hydrogen-bond acceptors (Lipinski definition) is 3. The summed E-state index contributed by atoms with van der Waals surface area (Å²) < 4.78 is 2.63. The highest BCUT2D eigenvalue weighted by molar-refractivity contribution is 9.10. The lowest BCUT2D eigenvalue weighted by Crippen LogP contribution is -2.10. The van der Waals surface area contributed by atoms with E-state index in [9.17, 15) is 4.79 Å². The van der Waals surface area contributed by atoms with Crippen molar-refractivity contribution in [2.45, 2.75) is 13.3 Å². The van der Waals surface area contributed by atoms with Crippen LogP contribution in [0.2, 0.25) is 0 Å². The predicted octanol–water partition coefficient (Wildman–Crippen LogP) is 3.46. The number of carbonyl (C=O) groups is 1. The third kappa shape index (κ3) is 2.49. The number of hydrogen-bond donors (Lipinski definition) is 0. The number of halogens is 1. The Labute approximate surface area is 130 Å². The molecule has 3 aromatic rings. The summed E-state index contributed by atoms with van der Waals surface area (Å²) in [6, 6.07) is 9.70. The van der Waals surface area contributed by atoms with Gasteiger partial charge in [0.2, 0.25) is 0 Å². The molecule has 4 nitrogen and oxygen atoms in total. The number of aromatic nitrogens is 3. The number of nitrogens with zero attached hydrogens (tertiary/aromatic N) is 3. The number of aryl methyl sites for hydroxylation is 2. The minimum Gasteiger partial charge on any atom is -0.292 e. The molecule has 0 saturated heterocycles. The zero-order valence-electron chi connectivity index (χ0n) is 11.8. The van der Waals surface area contributed by atoms with Gasteiger partial charge in [0.1, 0.15) is 5.69 Å².